The Morgan fingerprint density at radius 1 is 1.09 bits per heavy atom. The van der Waals surface area contributed by atoms with Gasteiger partial charge in [-0.1, -0.05) is 39.5 Å². The predicted molar refractivity (Wildman–Crippen MR) is 119 cm³/mol. The topological polar surface area (TPSA) is 63.6 Å². The van der Waals surface area contributed by atoms with E-state index < -0.39 is 44.6 Å². The number of rotatable bonds is 6. The highest BCUT2D eigenvalue weighted by molar-refractivity contribution is 7.92. The third-order valence-electron chi connectivity index (χ3n) is 9.01. The molecule has 2 saturated carbocycles. The molecule has 188 valence electrons. The molecule has 0 bridgehead atoms. The molecule has 1 aliphatic heterocycles. The second-order valence-electron chi connectivity index (χ2n) is 10.7. The summed E-state index contributed by atoms with van der Waals surface area (Å²) in [7, 11) is -1.88. The van der Waals surface area contributed by atoms with Gasteiger partial charge in [-0.2, -0.15) is 13.2 Å². The van der Waals surface area contributed by atoms with Crippen LogP contribution in [0.3, 0.4) is 0 Å². The fraction of sp³-hybridized carbons (Fsp3) is 1.00. The quantitative estimate of drug-likeness (QED) is 0.541. The number of aliphatic hydroxyl groups excluding tert-OH is 1. The fourth-order valence-corrected chi connectivity index (χ4v) is 10.0. The van der Waals surface area contributed by atoms with Crippen molar-refractivity contribution in [2.75, 3.05) is 12.9 Å². The van der Waals surface area contributed by atoms with E-state index in [1.165, 1.54) is 0 Å². The molecule has 0 amide bonds. The molecular weight excluding hydrogens is 441 g/mol. The second kappa shape index (κ2) is 10.1. The molecule has 5 unspecified atom stereocenters. The van der Waals surface area contributed by atoms with Crippen LogP contribution in [0.15, 0.2) is 0 Å². The fourth-order valence-electron chi connectivity index (χ4n) is 7.16. The highest BCUT2D eigenvalue weighted by atomic mass is 32.2. The average molecular weight is 483 g/mol. The molecule has 3 rings (SSSR count). The van der Waals surface area contributed by atoms with Crippen LogP contribution in [0.4, 0.5) is 13.2 Å². The van der Waals surface area contributed by atoms with Gasteiger partial charge in [-0.3, -0.25) is 0 Å². The molecule has 8 heteroatoms. The number of fused-ring (bicyclic) bond motifs is 1. The Balaban J connectivity index is 2.06. The largest absolute Gasteiger partial charge is 0.392 e. The van der Waals surface area contributed by atoms with Gasteiger partial charge >= 0.3 is 6.18 Å². The summed E-state index contributed by atoms with van der Waals surface area (Å²) in [5, 5.41) is 11.3. The van der Waals surface area contributed by atoms with Crippen LogP contribution in [0, 0.1) is 29.1 Å². The first-order valence-corrected chi connectivity index (χ1v) is 14.2. The first kappa shape index (κ1) is 26.3. The summed E-state index contributed by atoms with van der Waals surface area (Å²) in [6, 6.07) is 0. The third kappa shape index (κ3) is 5.17. The molecule has 0 aromatic rings. The molecule has 1 N–H and O–H groups in total. The summed E-state index contributed by atoms with van der Waals surface area (Å²) in [6.07, 6.45) is 0.402. The van der Waals surface area contributed by atoms with Crippen molar-refractivity contribution in [1.82, 2.24) is 0 Å². The van der Waals surface area contributed by atoms with Crippen LogP contribution in [-0.4, -0.2) is 50.0 Å². The van der Waals surface area contributed by atoms with Gasteiger partial charge in [0.05, 0.1) is 29.1 Å². The van der Waals surface area contributed by atoms with Gasteiger partial charge < -0.3 is 9.84 Å². The molecule has 1 saturated heterocycles. The smallest absolute Gasteiger partial charge is 0.391 e. The minimum Gasteiger partial charge on any atom is -0.392 e. The Morgan fingerprint density at radius 2 is 1.81 bits per heavy atom. The van der Waals surface area contributed by atoms with Crippen LogP contribution in [0.2, 0.25) is 0 Å². The molecule has 2 aliphatic carbocycles. The van der Waals surface area contributed by atoms with E-state index in [0.29, 0.717) is 44.9 Å². The zero-order valence-corrected chi connectivity index (χ0v) is 20.6. The minimum atomic E-state index is -4.24. The van der Waals surface area contributed by atoms with E-state index in [0.717, 1.165) is 12.8 Å². The van der Waals surface area contributed by atoms with Gasteiger partial charge in [0.25, 0.3) is 0 Å². The zero-order chi connectivity index (χ0) is 23.7. The van der Waals surface area contributed by atoms with Gasteiger partial charge in [0.1, 0.15) is 0 Å². The molecule has 1 heterocycles. The van der Waals surface area contributed by atoms with Gasteiger partial charge in [0, 0.05) is 12.5 Å². The van der Waals surface area contributed by atoms with Crippen LogP contribution in [-0.2, 0) is 14.6 Å². The van der Waals surface area contributed by atoms with Crippen LogP contribution >= 0.6 is 0 Å². The van der Waals surface area contributed by atoms with E-state index in [4.69, 9.17) is 4.74 Å². The monoisotopic (exact) mass is 482 g/mol. The maximum atomic E-state index is 13.6. The Kier molecular flexibility index (Phi) is 8.30. The van der Waals surface area contributed by atoms with E-state index in [1.54, 1.807) is 7.11 Å². The molecule has 0 aromatic heterocycles. The molecule has 3 fully saturated rings. The Bertz CT molecular complexity index is 725. The SMILES string of the molecule is CCCC[C@]1(CC)CS(=O)(=O)C2CCC(OC)CC2[C@H](C2CCCC(C(F)(F)F)C2)[C@@H]1O. The van der Waals surface area contributed by atoms with Crippen molar-refractivity contribution in [2.45, 2.75) is 108 Å². The molecule has 8 atom stereocenters. The van der Waals surface area contributed by atoms with Crippen molar-refractivity contribution >= 4 is 9.84 Å². The van der Waals surface area contributed by atoms with E-state index in [1.807, 2.05) is 13.8 Å². The third-order valence-corrected chi connectivity index (χ3v) is 11.5. The predicted octanol–water partition coefficient (Wildman–Crippen LogP) is 5.53. The zero-order valence-electron chi connectivity index (χ0n) is 19.7. The summed E-state index contributed by atoms with van der Waals surface area (Å²) >= 11 is 0. The van der Waals surface area contributed by atoms with Gasteiger partial charge in [-0.05, 0) is 62.7 Å². The standard InChI is InChI=1S/C24H41F3O4S/c1-4-6-12-23(5-2)15-32(29,30)20-11-10-18(31-3)14-19(20)21(22(23)28)16-8-7-9-17(13-16)24(25,26)27/h16-22,28H,4-15H2,1-3H3/t16?,17?,18?,19?,20?,21-,22-,23+/m0/s1. The van der Waals surface area contributed by atoms with Crippen LogP contribution in [0.5, 0.6) is 0 Å². The number of aliphatic hydroxyl groups is 1. The number of sulfone groups is 1. The highest BCUT2D eigenvalue weighted by Crippen LogP contribution is 2.54. The summed E-state index contributed by atoms with van der Waals surface area (Å²) in [4.78, 5) is 0. The number of hydrogen-bond acceptors (Lipinski definition) is 4. The van der Waals surface area contributed by atoms with E-state index in [2.05, 4.69) is 0 Å². The Labute approximate surface area is 191 Å². The summed E-state index contributed by atoms with van der Waals surface area (Å²) in [5.74, 6) is -2.50. The lowest BCUT2D eigenvalue weighted by Crippen LogP contribution is -2.49. The van der Waals surface area contributed by atoms with Crippen molar-refractivity contribution in [1.29, 1.82) is 0 Å². The van der Waals surface area contributed by atoms with Crippen molar-refractivity contribution in [3.05, 3.63) is 0 Å². The Hall–Kier alpha value is -0.340. The van der Waals surface area contributed by atoms with Crippen molar-refractivity contribution in [3.63, 3.8) is 0 Å². The highest BCUT2D eigenvalue weighted by Gasteiger charge is 2.57. The molecule has 0 aromatic carbocycles. The first-order chi connectivity index (χ1) is 15.0. The van der Waals surface area contributed by atoms with Crippen LogP contribution in [0.25, 0.3) is 0 Å². The van der Waals surface area contributed by atoms with Gasteiger partial charge in [0.2, 0.25) is 0 Å². The normalized spacial score (nSPS) is 42.8. The molecule has 3 aliphatic rings. The number of ether oxygens (including phenoxy) is 1. The number of unbranched alkanes of at least 4 members (excludes halogenated alkanes) is 1. The van der Waals surface area contributed by atoms with Crippen molar-refractivity contribution in [2.24, 2.45) is 29.1 Å². The van der Waals surface area contributed by atoms with Gasteiger partial charge in [0.15, 0.2) is 9.84 Å². The number of alkyl halides is 3. The van der Waals surface area contributed by atoms with Gasteiger partial charge in [-0.15, -0.1) is 0 Å². The summed E-state index contributed by atoms with van der Waals surface area (Å²) < 4.78 is 73.8. The van der Waals surface area contributed by atoms with Crippen molar-refractivity contribution < 1.29 is 31.4 Å². The molecule has 4 nitrogen and oxygen atoms in total. The second-order valence-corrected chi connectivity index (χ2v) is 12.9. The molecule has 0 radical (unpaired) electrons. The molecule has 0 spiro atoms. The summed E-state index contributed by atoms with van der Waals surface area (Å²) in [5.41, 5.74) is -0.787. The molecular formula is C24H41F3O4S. The Morgan fingerprint density at radius 3 is 2.41 bits per heavy atom. The van der Waals surface area contributed by atoms with E-state index in [-0.39, 0.29) is 36.5 Å². The molecule has 32 heavy (non-hydrogen) atoms. The maximum absolute atomic E-state index is 13.6. The van der Waals surface area contributed by atoms with Crippen LogP contribution < -0.4 is 0 Å². The maximum Gasteiger partial charge on any atom is 0.391 e. The number of hydrogen-bond donors (Lipinski definition) is 1. The lowest BCUT2D eigenvalue weighted by Gasteiger charge is -2.47. The minimum absolute atomic E-state index is 0.000283. The first-order valence-electron chi connectivity index (χ1n) is 12.5. The van der Waals surface area contributed by atoms with E-state index >= 15 is 0 Å². The van der Waals surface area contributed by atoms with Gasteiger partial charge in [-0.25, -0.2) is 8.42 Å². The average Bonchev–Trinajstić information content (AvgIpc) is 2.82. The number of halogens is 3. The van der Waals surface area contributed by atoms with Crippen molar-refractivity contribution in [3.8, 4) is 0 Å². The number of methoxy groups -OCH3 is 1. The van der Waals surface area contributed by atoms with Crippen LogP contribution in [0.1, 0.15) is 84.5 Å². The summed E-state index contributed by atoms with van der Waals surface area (Å²) in [6.45, 7) is 3.97. The lowest BCUT2D eigenvalue weighted by atomic mass is 9.60. The van der Waals surface area contributed by atoms with E-state index in [9.17, 15) is 26.7 Å². The lowest BCUT2D eigenvalue weighted by molar-refractivity contribution is -0.191.